The zero-order chi connectivity index (χ0) is 15.7. The van der Waals surface area contributed by atoms with Crippen molar-refractivity contribution < 1.29 is 19.0 Å². The van der Waals surface area contributed by atoms with Crippen LogP contribution in [0.1, 0.15) is 45.1 Å². The summed E-state index contributed by atoms with van der Waals surface area (Å²) in [5, 5.41) is 8.59. The molecule has 1 atom stereocenters. The summed E-state index contributed by atoms with van der Waals surface area (Å²) in [6.45, 7) is 4.83. The second-order valence-corrected chi connectivity index (χ2v) is 5.12. The highest BCUT2D eigenvalue weighted by atomic mass is 19.1. The van der Waals surface area contributed by atoms with E-state index in [-0.39, 0.29) is 0 Å². The zero-order valence-corrected chi connectivity index (χ0v) is 12.6. The van der Waals surface area contributed by atoms with Gasteiger partial charge in [0, 0.05) is 12.1 Å². The molecule has 1 aromatic rings. The van der Waals surface area contributed by atoms with Crippen LogP contribution in [0.4, 0.5) is 4.39 Å². The van der Waals surface area contributed by atoms with E-state index in [1.165, 1.54) is 18.2 Å². The number of benzene rings is 1. The van der Waals surface area contributed by atoms with Crippen LogP contribution < -0.4 is 4.74 Å². The number of rotatable bonds is 9. The van der Waals surface area contributed by atoms with E-state index in [0.29, 0.717) is 23.8 Å². The molecule has 3 nitrogen and oxygen atoms in total. The second kappa shape index (κ2) is 9.16. The zero-order valence-electron chi connectivity index (χ0n) is 12.6. The molecular formula is C17H23FO3. The van der Waals surface area contributed by atoms with Gasteiger partial charge in [-0.2, -0.15) is 0 Å². The van der Waals surface area contributed by atoms with Crippen LogP contribution in [0.25, 0.3) is 6.08 Å². The molecule has 1 N–H and O–H groups in total. The second-order valence-electron chi connectivity index (χ2n) is 5.12. The number of aliphatic carboxylic acids is 1. The van der Waals surface area contributed by atoms with Crippen molar-refractivity contribution in [1.29, 1.82) is 0 Å². The summed E-state index contributed by atoms with van der Waals surface area (Å²) in [4.78, 5) is 10.5. The number of carbonyl (C=O) groups is 1. The van der Waals surface area contributed by atoms with Gasteiger partial charge in [0.15, 0.2) is 0 Å². The van der Waals surface area contributed by atoms with E-state index in [2.05, 4.69) is 13.8 Å². The van der Waals surface area contributed by atoms with Gasteiger partial charge in [0.25, 0.3) is 0 Å². The molecule has 1 aromatic carbocycles. The summed E-state index contributed by atoms with van der Waals surface area (Å²) in [5.74, 6) is -0.590. The fraction of sp³-hybridized carbons (Fsp3) is 0.471. The van der Waals surface area contributed by atoms with E-state index in [0.717, 1.165) is 31.8 Å². The molecule has 0 saturated heterocycles. The Morgan fingerprint density at radius 1 is 1.38 bits per heavy atom. The Bertz CT molecular complexity index is 483. The Balaban J connectivity index is 2.67. The summed E-state index contributed by atoms with van der Waals surface area (Å²) < 4.78 is 19.2. The maximum absolute atomic E-state index is 13.5. The fourth-order valence-electron chi connectivity index (χ4n) is 2.04. The van der Waals surface area contributed by atoms with Crippen molar-refractivity contribution in [2.24, 2.45) is 5.92 Å². The average Bonchev–Trinajstić information content (AvgIpc) is 2.45. The third-order valence-corrected chi connectivity index (χ3v) is 3.34. The van der Waals surface area contributed by atoms with E-state index in [1.54, 1.807) is 6.07 Å². The van der Waals surface area contributed by atoms with Gasteiger partial charge in [-0.05, 0) is 36.1 Å². The third-order valence-electron chi connectivity index (χ3n) is 3.34. The molecule has 21 heavy (non-hydrogen) atoms. The highest BCUT2D eigenvalue weighted by Crippen LogP contribution is 2.20. The lowest BCUT2D eigenvalue weighted by Gasteiger charge is -2.15. The molecule has 0 aliphatic rings. The normalized spacial score (nSPS) is 12.5. The van der Waals surface area contributed by atoms with Gasteiger partial charge in [0.2, 0.25) is 0 Å². The first-order valence-corrected chi connectivity index (χ1v) is 7.39. The van der Waals surface area contributed by atoms with Crippen LogP contribution >= 0.6 is 0 Å². The van der Waals surface area contributed by atoms with Gasteiger partial charge in [-0.15, -0.1) is 0 Å². The Morgan fingerprint density at radius 2 is 2.14 bits per heavy atom. The number of carboxylic acids is 1. The minimum atomic E-state index is -1.06. The van der Waals surface area contributed by atoms with Crippen LogP contribution in [-0.4, -0.2) is 17.7 Å². The first kappa shape index (κ1) is 17.2. The number of ether oxygens (including phenoxy) is 1. The van der Waals surface area contributed by atoms with Crippen LogP contribution in [0.5, 0.6) is 5.75 Å². The third kappa shape index (κ3) is 6.93. The average molecular weight is 294 g/mol. The van der Waals surface area contributed by atoms with Crippen molar-refractivity contribution >= 4 is 12.0 Å². The predicted octanol–water partition coefficient (Wildman–Crippen LogP) is 4.52. The maximum atomic E-state index is 13.5. The molecular weight excluding hydrogens is 271 g/mol. The largest absolute Gasteiger partial charge is 0.493 e. The standard InChI is InChI=1S/C17H23FO3/c1-3-5-6-13(4-2)12-21-16-10-14(7-8-17(19)20)9-15(18)11-16/h7-11,13H,3-6,12H2,1-2H3,(H,19,20)/b8-7+. The van der Waals surface area contributed by atoms with E-state index < -0.39 is 11.8 Å². The Kier molecular flexibility index (Phi) is 7.51. The molecule has 0 amide bonds. The van der Waals surface area contributed by atoms with E-state index in [4.69, 9.17) is 9.84 Å². The molecule has 1 rings (SSSR count). The Labute approximate surface area is 125 Å². The number of carboxylic acid groups (broad SMARTS) is 1. The minimum Gasteiger partial charge on any atom is -0.493 e. The molecule has 116 valence electrons. The van der Waals surface area contributed by atoms with Gasteiger partial charge in [-0.1, -0.05) is 33.1 Å². The summed E-state index contributed by atoms with van der Waals surface area (Å²) in [5.41, 5.74) is 0.481. The van der Waals surface area contributed by atoms with Crippen molar-refractivity contribution in [1.82, 2.24) is 0 Å². The van der Waals surface area contributed by atoms with Crippen LogP contribution in [0.2, 0.25) is 0 Å². The molecule has 0 heterocycles. The molecule has 0 aromatic heterocycles. The summed E-state index contributed by atoms with van der Waals surface area (Å²) in [6, 6.07) is 4.25. The SMILES string of the molecule is CCCCC(CC)COc1cc(F)cc(/C=C/C(=O)O)c1. The molecule has 0 aliphatic heterocycles. The van der Waals surface area contributed by atoms with Gasteiger partial charge >= 0.3 is 5.97 Å². The predicted molar refractivity (Wildman–Crippen MR) is 81.9 cm³/mol. The van der Waals surface area contributed by atoms with E-state index in [9.17, 15) is 9.18 Å². The topological polar surface area (TPSA) is 46.5 Å². The first-order valence-electron chi connectivity index (χ1n) is 7.39. The molecule has 0 spiro atoms. The van der Waals surface area contributed by atoms with Gasteiger partial charge in [-0.3, -0.25) is 0 Å². The molecule has 0 radical (unpaired) electrons. The molecule has 1 unspecified atom stereocenters. The van der Waals surface area contributed by atoms with Crippen molar-refractivity contribution in [3.05, 3.63) is 35.7 Å². The van der Waals surface area contributed by atoms with Crippen LogP contribution in [0.15, 0.2) is 24.3 Å². The highest BCUT2D eigenvalue weighted by Gasteiger charge is 2.08. The number of hydrogen-bond acceptors (Lipinski definition) is 2. The monoisotopic (exact) mass is 294 g/mol. The first-order chi connectivity index (χ1) is 10.0. The van der Waals surface area contributed by atoms with Gasteiger partial charge < -0.3 is 9.84 Å². The fourth-order valence-corrected chi connectivity index (χ4v) is 2.04. The van der Waals surface area contributed by atoms with Crippen LogP contribution in [0.3, 0.4) is 0 Å². The maximum Gasteiger partial charge on any atom is 0.328 e. The van der Waals surface area contributed by atoms with Crippen LogP contribution in [0, 0.1) is 11.7 Å². The highest BCUT2D eigenvalue weighted by molar-refractivity contribution is 5.85. The smallest absolute Gasteiger partial charge is 0.328 e. The lowest BCUT2D eigenvalue weighted by Crippen LogP contribution is -2.11. The minimum absolute atomic E-state index is 0.431. The van der Waals surface area contributed by atoms with Gasteiger partial charge in [-0.25, -0.2) is 9.18 Å². The summed E-state index contributed by atoms with van der Waals surface area (Å²) >= 11 is 0. The number of halogens is 1. The quantitative estimate of drug-likeness (QED) is 0.681. The summed E-state index contributed by atoms with van der Waals surface area (Å²) in [6.07, 6.45) is 6.79. The van der Waals surface area contributed by atoms with Crippen molar-refractivity contribution in [2.45, 2.75) is 39.5 Å². The summed E-state index contributed by atoms with van der Waals surface area (Å²) in [7, 11) is 0. The van der Waals surface area contributed by atoms with Gasteiger partial charge in [0.05, 0.1) is 6.61 Å². The van der Waals surface area contributed by atoms with Crippen LogP contribution in [-0.2, 0) is 4.79 Å². The Morgan fingerprint density at radius 3 is 2.76 bits per heavy atom. The molecule has 0 fully saturated rings. The Hall–Kier alpha value is -1.84. The lowest BCUT2D eigenvalue weighted by atomic mass is 10.0. The van der Waals surface area contributed by atoms with Crippen molar-refractivity contribution in [3.63, 3.8) is 0 Å². The van der Waals surface area contributed by atoms with E-state index >= 15 is 0 Å². The number of hydrogen-bond donors (Lipinski definition) is 1. The van der Waals surface area contributed by atoms with Gasteiger partial charge in [0.1, 0.15) is 11.6 Å². The van der Waals surface area contributed by atoms with E-state index in [1.807, 2.05) is 0 Å². The van der Waals surface area contributed by atoms with Crippen molar-refractivity contribution in [2.75, 3.05) is 6.61 Å². The molecule has 0 bridgehead atoms. The molecule has 0 saturated carbocycles. The number of unbranched alkanes of at least 4 members (excludes halogenated alkanes) is 1. The molecule has 0 aliphatic carbocycles. The van der Waals surface area contributed by atoms with Crippen molar-refractivity contribution in [3.8, 4) is 5.75 Å². The molecule has 4 heteroatoms. The lowest BCUT2D eigenvalue weighted by molar-refractivity contribution is -0.131.